The van der Waals surface area contributed by atoms with Gasteiger partial charge in [0.1, 0.15) is 0 Å². The van der Waals surface area contributed by atoms with Gasteiger partial charge < -0.3 is 0 Å². The average molecular weight is 192 g/mol. The van der Waals surface area contributed by atoms with E-state index < -0.39 is 0 Å². The number of hydrogen-bond donors (Lipinski definition) is 0. The molecule has 0 heterocycles. The van der Waals surface area contributed by atoms with Gasteiger partial charge >= 0.3 is 0 Å². The quantitative estimate of drug-likeness (QED) is 0.629. The van der Waals surface area contributed by atoms with Gasteiger partial charge in [-0.1, -0.05) is 26.2 Å². The van der Waals surface area contributed by atoms with Gasteiger partial charge in [-0.2, -0.15) is 5.26 Å². The number of unbranched alkanes of at least 4 members (excludes halogenated alkanes) is 2. The van der Waals surface area contributed by atoms with Gasteiger partial charge in [-0.3, -0.25) is 4.99 Å². The molecule has 1 aliphatic rings. The number of nitriles is 1. The lowest BCUT2D eigenvalue weighted by molar-refractivity contribution is 0.596. The van der Waals surface area contributed by atoms with Crippen LogP contribution in [0.4, 0.5) is 0 Å². The molecule has 1 atom stereocenters. The van der Waals surface area contributed by atoms with Crippen LogP contribution in [0.2, 0.25) is 0 Å². The summed E-state index contributed by atoms with van der Waals surface area (Å²) in [6, 6.07) is 2.36. The highest BCUT2D eigenvalue weighted by Gasteiger charge is 2.18. The average Bonchev–Trinajstić information content (AvgIpc) is 2.25. The highest BCUT2D eigenvalue weighted by atomic mass is 14.7. The lowest BCUT2D eigenvalue weighted by Crippen LogP contribution is -2.18. The van der Waals surface area contributed by atoms with Crippen molar-refractivity contribution in [1.82, 2.24) is 0 Å². The van der Waals surface area contributed by atoms with Crippen molar-refractivity contribution >= 4 is 5.71 Å². The van der Waals surface area contributed by atoms with Crippen molar-refractivity contribution in [2.24, 2.45) is 10.9 Å². The smallest absolute Gasteiger partial charge is 0.0841 e. The summed E-state index contributed by atoms with van der Waals surface area (Å²) in [5.74, 6) is 0.130. The highest BCUT2D eigenvalue weighted by molar-refractivity contribution is 5.89. The topological polar surface area (TPSA) is 36.1 Å². The fourth-order valence-corrected chi connectivity index (χ4v) is 1.91. The Bertz CT molecular complexity index is 225. The molecule has 0 aromatic heterocycles. The summed E-state index contributed by atoms with van der Waals surface area (Å²) in [6.07, 6.45) is 8.20. The van der Waals surface area contributed by atoms with Crippen LogP contribution < -0.4 is 0 Å². The molecule has 0 saturated heterocycles. The summed E-state index contributed by atoms with van der Waals surface area (Å²) in [5.41, 5.74) is 1.18. The molecule has 0 N–H and O–H groups in total. The van der Waals surface area contributed by atoms with E-state index in [0.29, 0.717) is 0 Å². The summed E-state index contributed by atoms with van der Waals surface area (Å²) in [6.45, 7) is 3.13. The Labute approximate surface area is 87.0 Å². The van der Waals surface area contributed by atoms with Gasteiger partial charge in [0.05, 0.1) is 12.0 Å². The third-order valence-corrected chi connectivity index (χ3v) is 2.81. The zero-order valence-corrected chi connectivity index (χ0v) is 9.13. The minimum Gasteiger partial charge on any atom is -0.293 e. The second kappa shape index (κ2) is 6.59. The predicted octanol–water partition coefficient (Wildman–Crippen LogP) is 3.33. The zero-order valence-electron chi connectivity index (χ0n) is 9.13. The SMILES string of the molecule is CCCCCN=C1CCCCC1C#N. The molecule has 1 saturated carbocycles. The van der Waals surface area contributed by atoms with Crippen LogP contribution in [-0.4, -0.2) is 12.3 Å². The summed E-state index contributed by atoms with van der Waals surface area (Å²) >= 11 is 0. The largest absolute Gasteiger partial charge is 0.293 e. The summed E-state index contributed by atoms with van der Waals surface area (Å²) < 4.78 is 0. The molecule has 78 valence electrons. The number of hydrogen-bond acceptors (Lipinski definition) is 2. The normalized spacial score (nSPS) is 24.9. The fourth-order valence-electron chi connectivity index (χ4n) is 1.91. The number of nitrogens with zero attached hydrogens (tertiary/aromatic N) is 2. The van der Waals surface area contributed by atoms with E-state index in [1.807, 2.05) is 0 Å². The molecule has 0 aliphatic heterocycles. The van der Waals surface area contributed by atoms with E-state index in [-0.39, 0.29) is 5.92 Å². The van der Waals surface area contributed by atoms with Gasteiger partial charge in [-0.25, -0.2) is 0 Å². The van der Waals surface area contributed by atoms with Crippen LogP contribution in [-0.2, 0) is 0 Å². The Morgan fingerprint density at radius 3 is 3.00 bits per heavy atom. The molecule has 1 aliphatic carbocycles. The molecule has 2 nitrogen and oxygen atoms in total. The predicted molar refractivity (Wildman–Crippen MR) is 59.4 cm³/mol. The van der Waals surface area contributed by atoms with Crippen LogP contribution in [0.25, 0.3) is 0 Å². The molecule has 1 unspecified atom stereocenters. The molecule has 0 aromatic rings. The standard InChI is InChI=1S/C12H20N2/c1-2-3-6-9-14-12-8-5-4-7-11(12)10-13/h11H,2-9H2,1H3. The van der Waals surface area contributed by atoms with E-state index in [1.54, 1.807) is 0 Å². The molecule has 0 spiro atoms. The summed E-state index contributed by atoms with van der Waals surface area (Å²) in [5, 5.41) is 8.93. The monoisotopic (exact) mass is 192 g/mol. The third-order valence-electron chi connectivity index (χ3n) is 2.81. The van der Waals surface area contributed by atoms with Crippen molar-refractivity contribution in [3.63, 3.8) is 0 Å². The lowest BCUT2D eigenvalue weighted by Gasteiger charge is -2.17. The molecule has 0 aromatic carbocycles. The van der Waals surface area contributed by atoms with Crippen molar-refractivity contribution in [2.75, 3.05) is 6.54 Å². The van der Waals surface area contributed by atoms with E-state index >= 15 is 0 Å². The molecule has 2 heteroatoms. The summed E-state index contributed by atoms with van der Waals surface area (Å²) in [7, 11) is 0. The van der Waals surface area contributed by atoms with Crippen LogP contribution in [0, 0.1) is 17.2 Å². The van der Waals surface area contributed by atoms with Gasteiger partial charge in [0.25, 0.3) is 0 Å². The molecular weight excluding hydrogens is 172 g/mol. The van der Waals surface area contributed by atoms with Crippen molar-refractivity contribution in [3.05, 3.63) is 0 Å². The van der Waals surface area contributed by atoms with Gasteiger partial charge in [0.15, 0.2) is 0 Å². The first-order valence-corrected chi connectivity index (χ1v) is 5.81. The molecule has 1 fully saturated rings. The van der Waals surface area contributed by atoms with E-state index in [0.717, 1.165) is 19.4 Å². The maximum absolute atomic E-state index is 8.93. The first-order valence-electron chi connectivity index (χ1n) is 5.81. The Kier molecular flexibility index (Phi) is 5.29. The van der Waals surface area contributed by atoms with Crippen LogP contribution in [0.5, 0.6) is 0 Å². The number of rotatable bonds is 4. The molecule has 0 amide bonds. The minimum atomic E-state index is 0.130. The van der Waals surface area contributed by atoms with Crippen molar-refractivity contribution in [3.8, 4) is 6.07 Å². The van der Waals surface area contributed by atoms with Gasteiger partial charge in [0.2, 0.25) is 0 Å². The Balaban J connectivity index is 2.35. The first kappa shape index (κ1) is 11.2. The maximum atomic E-state index is 8.93. The molecular formula is C12H20N2. The molecule has 0 bridgehead atoms. The van der Waals surface area contributed by atoms with Crippen LogP contribution >= 0.6 is 0 Å². The third kappa shape index (κ3) is 3.49. The van der Waals surface area contributed by atoms with Crippen LogP contribution in [0.15, 0.2) is 4.99 Å². The molecule has 1 rings (SSSR count). The van der Waals surface area contributed by atoms with Crippen molar-refractivity contribution in [2.45, 2.75) is 51.9 Å². The van der Waals surface area contributed by atoms with E-state index in [9.17, 15) is 0 Å². The zero-order chi connectivity index (χ0) is 10.2. The van der Waals surface area contributed by atoms with Gasteiger partial charge in [-0.15, -0.1) is 0 Å². The fraction of sp³-hybridized carbons (Fsp3) is 0.833. The number of aliphatic imine (C=N–C) groups is 1. The Morgan fingerprint density at radius 1 is 1.43 bits per heavy atom. The second-order valence-electron chi connectivity index (χ2n) is 4.01. The lowest BCUT2D eigenvalue weighted by atomic mass is 9.88. The maximum Gasteiger partial charge on any atom is 0.0841 e. The molecule has 0 radical (unpaired) electrons. The van der Waals surface area contributed by atoms with E-state index in [2.05, 4.69) is 18.0 Å². The van der Waals surface area contributed by atoms with Crippen molar-refractivity contribution < 1.29 is 0 Å². The Hall–Kier alpha value is -0.840. The van der Waals surface area contributed by atoms with Crippen LogP contribution in [0.1, 0.15) is 51.9 Å². The van der Waals surface area contributed by atoms with Crippen LogP contribution in [0.3, 0.4) is 0 Å². The van der Waals surface area contributed by atoms with Gasteiger partial charge in [0, 0.05) is 12.3 Å². The van der Waals surface area contributed by atoms with Crippen molar-refractivity contribution in [1.29, 1.82) is 5.26 Å². The summed E-state index contributed by atoms with van der Waals surface area (Å²) in [4.78, 5) is 4.57. The molecule has 14 heavy (non-hydrogen) atoms. The van der Waals surface area contributed by atoms with E-state index in [1.165, 1.54) is 37.8 Å². The van der Waals surface area contributed by atoms with E-state index in [4.69, 9.17) is 5.26 Å². The van der Waals surface area contributed by atoms with Gasteiger partial charge in [-0.05, 0) is 25.7 Å². The highest BCUT2D eigenvalue weighted by Crippen LogP contribution is 2.21. The minimum absolute atomic E-state index is 0.130. The Morgan fingerprint density at radius 2 is 2.29 bits per heavy atom. The second-order valence-corrected chi connectivity index (χ2v) is 4.01. The first-order chi connectivity index (χ1) is 6.88.